The van der Waals surface area contributed by atoms with Crippen LogP contribution in [0.1, 0.15) is 55.5 Å². The Kier molecular flexibility index (Phi) is 3.20. The van der Waals surface area contributed by atoms with Crippen LogP contribution in [0.5, 0.6) is 0 Å². The fourth-order valence-corrected chi connectivity index (χ4v) is 3.17. The third-order valence-corrected chi connectivity index (χ3v) is 4.53. The molecule has 0 spiro atoms. The molecule has 0 fully saturated rings. The molecule has 1 aromatic rings. The molecule has 0 heterocycles. The second-order valence-electron chi connectivity index (χ2n) is 4.60. The van der Waals surface area contributed by atoms with E-state index in [1.165, 1.54) is 5.56 Å². The van der Waals surface area contributed by atoms with E-state index in [2.05, 4.69) is 35.8 Å². The third kappa shape index (κ3) is 1.73. The van der Waals surface area contributed by atoms with E-state index in [0.717, 1.165) is 29.3 Å². The molecule has 1 aromatic carbocycles. The predicted octanol–water partition coefficient (Wildman–Crippen LogP) is 4.48. The highest BCUT2D eigenvalue weighted by Crippen LogP contribution is 2.43. The largest absolute Gasteiger partial charge is 0.294 e. The smallest absolute Gasteiger partial charge is 0.163 e. The topological polar surface area (TPSA) is 17.1 Å². The van der Waals surface area contributed by atoms with E-state index in [9.17, 15) is 4.79 Å². The highest BCUT2D eigenvalue weighted by molar-refractivity contribution is 9.10. The van der Waals surface area contributed by atoms with Gasteiger partial charge in [-0.05, 0) is 48.4 Å². The van der Waals surface area contributed by atoms with Crippen LogP contribution in [0.25, 0.3) is 0 Å². The molecule has 16 heavy (non-hydrogen) atoms. The first-order valence-electron chi connectivity index (χ1n) is 5.96. The molecule has 1 aliphatic rings. The van der Waals surface area contributed by atoms with Crippen LogP contribution >= 0.6 is 15.9 Å². The zero-order valence-electron chi connectivity index (χ0n) is 9.85. The van der Waals surface area contributed by atoms with Crippen LogP contribution in [-0.4, -0.2) is 5.78 Å². The maximum absolute atomic E-state index is 11.9. The van der Waals surface area contributed by atoms with Crippen molar-refractivity contribution in [1.29, 1.82) is 0 Å². The van der Waals surface area contributed by atoms with E-state index < -0.39 is 0 Å². The van der Waals surface area contributed by atoms with Crippen molar-refractivity contribution >= 4 is 21.7 Å². The van der Waals surface area contributed by atoms with Gasteiger partial charge in [0.1, 0.15) is 0 Å². The van der Waals surface area contributed by atoms with Crippen molar-refractivity contribution in [2.24, 2.45) is 0 Å². The standard InChI is InChI=1S/C14H17BrO/c1-3-14(4-2)8-7-13(16)11-6-5-10(15)9-12(11)14/h5-6,9H,3-4,7-8H2,1-2H3. The van der Waals surface area contributed by atoms with E-state index in [-0.39, 0.29) is 5.41 Å². The van der Waals surface area contributed by atoms with Crippen molar-refractivity contribution in [2.45, 2.75) is 44.9 Å². The number of rotatable bonds is 2. The molecule has 2 rings (SSSR count). The average molecular weight is 281 g/mol. The van der Waals surface area contributed by atoms with Crippen molar-refractivity contribution in [2.75, 3.05) is 0 Å². The zero-order valence-corrected chi connectivity index (χ0v) is 11.4. The second kappa shape index (κ2) is 4.33. The number of benzene rings is 1. The first-order chi connectivity index (χ1) is 7.63. The molecule has 0 aromatic heterocycles. The molecule has 1 aliphatic carbocycles. The molecule has 1 nitrogen and oxygen atoms in total. The van der Waals surface area contributed by atoms with Gasteiger partial charge in [-0.1, -0.05) is 29.8 Å². The SMILES string of the molecule is CCC1(CC)CCC(=O)c2ccc(Br)cc21. The van der Waals surface area contributed by atoms with Gasteiger partial charge >= 0.3 is 0 Å². The van der Waals surface area contributed by atoms with E-state index >= 15 is 0 Å². The summed E-state index contributed by atoms with van der Waals surface area (Å²) in [7, 11) is 0. The fourth-order valence-electron chi connectivity index (χ4n) is 2.80. The Labute approximate surface area is 105 Å². The average Bonchev–Trinajstić information content (AvgIpc) is 2.30. The normalized spacial score (nSPS) is 18.3. The third-order valence-electron chi connectivity index (χ3n) is 4.04. The molecule has 0 aliphatic heterocycles. The maximum Gasteiger partial charge on any atom is 0.163 e. The van der Waals surface area contributed by atoms with Crippen LogP contribution in [-0.2, 0) is 5.41 Å². The van der Waals surface area contributed by atoms with Gasteiger partial charge in [0.15, 0.2) is 5.78 Å². The van der Waals surface area contributed by atoms with Crippen molar-refractivity contribution in [1.82, 2.24) is 0 Å². The van der Waals surface area contributed by atoms with Crippen LogP contribution in [0, 0.1) is 0 Å². The number of Topliss-reactive ketones (excluding diaryl/α,β-unsaturated/α-hetero) is 1. The van der Waals surface area contributed by atoms with Gasteiger partial charge in [-0.25, -0.2) is 0 Å². The molecule has 0 radical (unpaired) electrons. The Balaban J connectivity index is 2.62. The van der Waals surface area contributed by atoms with Crippen molar-refractivity contribution in [3.05, 3.63) is 33.8 Å². The van der Waals surface area contributed by atoms with Gasteiger partial charge in [0.25, 0.3) is 0 Å². The number of hydrogen-bond donors (Lipinski definition) is 0. The summed E-state index contributed by atoms with van der Waals surface area (Å²) in [5.41, 5.74) is 2.41. The minimum Gasteiger partial charge on any atom is -0.294 e. The summed E-state index contributed by atoms with van der Waals surface area (Å²) in [5, 5.41) is 0. The summed E-state index contributed by atoms with van der Waals surface area (Å²) in [6.07, 6.45) is 3.93. The lowest BCUT2D eigenvalue weighted by Gasteiger charge is -2.37. The summed E-state index contributed by atoms with van der Waals surface area (Å²) in [5.74, 6) is 0.306. The first kappa shape index (κ1) is 11.8. The summed E-state index contributed by atoms with van der Waals surface area (Å²) in [6.45, 7) is 4.45. The monoisotopic (exact) mass is 280 g/mol. The predicted molar refractivity (Wildman–Crippen MR) is 70.0 cm³/mol. The molecule has 86 valence electrons. The fraction of sp³-hybridized carbons (Fsp3) is 0.500. The number of fused-ring (bicyclic) bond motifs is 1. The Morgan fingerprint density at radius 3 is 2.62 bits per heavy atom. The lowest BCUT2D eigenvalue weighted by atomic mass is 9.66. The Morgan fingerprint density at radius 2 is 2.00 bits per heavy atom. The van der Waals surface area contributed by atoms with E-state index in [1.807, 2.05) is 12.1 Å². The molecular formula is C14H17BrO. The number of carbonyl (C=O) groups is 1. The summed E-state index contributed by atoms with van der Waals surface area (Å²) in [4.78, 5) is 11.9. The second-order valence-corrected chi connectivity index (χ2v) is 5.52. The van der Waals surface area contributed by atoms with E-state index in [4.69, 9.17) is 0 Å². The molecule has 0 saturated carbocycles. The zero-order chi connectivity index (χ0) is 11.8. The number of halogens is 1. The number of carbonyl (C=O) groups excluding carboxylic acids is 1. The number of hydrogen-bond acceptors (Lipinski definition) is 1. The van der Waals surface area contributed by atoms with Crippen LogP contribution in [0.2, 0.25) is 0 Å². The van der Waals surface area contributed by atoms with Crippen LogP contribution < -0.4 is 0 Å². The molecule has 0 atom stereocenters. The number of ketones is 1. The quantitative estimate of drug-likeness (QED) is 0.781. The maximum atomic E-state index is 11.9. The van der Waals surface area contributed by atoms with Gasteiger partial charge in [0, 0.05) is 16.5 Å². The molecule has 0 bridgehead atoms. The minimum atomic E-state index is 0.215. The van der Waals surface area contributed by atoms with Crippen molar-refractivity contribution in [3.63, 3.8) is 0 Å². The Morgan fingerprint density at radius 1 is 1.31 bits per heavy atom. The molecule has 0 amide bonds. The summed E-state index contributed by atoms with van der Waals surface area (Å²) >= 11 is 3.51. The van der Waals surface area contributed by atoms with Crippen molar-refractivity contribution in [3.8, 4) is 0 Å². The van der Waals surface area contributed by atoms with Gasteiger partial charge < -0.3 is 0 Å². The Bertz CT molecular complexity index is 419. The highest BCUT2D eigenvalue weighted by Gasteiger charge is 2.36. The van der Waals surface area contributed by atoms with Gasteiger partial charge in [0.05, 0.1) is 0 Å². The summed E-state index contributed by atoms with van der Waals surface area (Å²) in [6, 6.07) is 6.08. The molecular weight excluding hydrogens is 264 g/mol. The van der Waals surface area contributed by atoms with Gasteiger partial charge in [-0.2, -0.15) is 0 Å². The van der Waals surface area contributed by atoms with E-state index in [1.54, 1.807) is 0 Å². The van der Waals surface area contributed by atoms with Gasteiger partial charge in [-0.15, -0.1) is 0 Å². The first-order valence-corrected chi connectivity index (χ1v) is 6.75. The van der Waals surface area contributed by atoms with Gasteiger partial charge in [-0.3, -0.25) is 4.79 Å². The molecule has 2 heteroatoms. The van der Waals surface area contributed by atoms with Gasteiger partial charge in [0.2, 0.25) is 0 Å². The Hall–Kier alpha value is -0.630. The lowest BCUT2D eigenvalue weighted by molar-refractivity contribution is 0.0948. The van der Waals surface area contributed by atoms with Crippen LogP contribution in [0.4, 0.5) is 0 Å². The van der Waals surface area contributed by atoms with E-state index in [0.29, 0.717) is 12.2 Å². The summed E-state index contributed by atoms with van der Waals surface area (Å²) < 4.78 is 1.08. The van der Waals surface area contributed by atoms with Crippen molar-refractivity contribution < 1.29 is 4.79 Å². The molecule has 0 unspecified atom stereocenters. The molecule has 0 saturated heterocycles. The van der Waals surface area contributed by atoms with Crippen LogP contribution in [0.15, 0.2) is 22.7 Å². The minimum absolute atomic E-state index is 0.215. The van der Waals surface area contributed by atoms with Crippen LogP contribution in [0.3, 0.4) is 0 Å². The highest BCUT2D eigenvalue weighted by atomic mass is 79.9. The molecule has 0 N–H and O–H groups in total. The lowest BCUT2D eigenvalue weighted by Crippen LogP contribution is -2.32.